The van der Waals surface area contributed by atoms with Gasteiger partial charge in [0.05, 0.1) is 18.3 Å². The van der Waals surface area contributed by atoms with Gasteiger partial charge in [0.2, 0.25) is 21.3 Å². The molecule has 2 N–H and O–H groups in total. The van der Waals surface area contributed by atoms with Gasteiger partial charge in [0.1, 0.15) is 4.90 Å². The summed E-state index contributed by atoms with van der Waals surface area (Å²) in [4.78, 5) is -0.466. The first-order valence-corrected chi connectivity index (χ1v) is 8.19. The first kappa shape index (κ1) is 19.2. The fourth-order valence-electron chi connectivity index (χ4n) is 2.61. The Balaban J connectivity index is 0.00000242. The Morgan fingerprint density at radius 3 is 2.55 bits per heavy atom. The molecule has 10 heteroatoms. The summed E-state index contributed by atoms with van der Waals surface area (Å²) in [5, 5.41) is 6.24. The van der Waals surface area contributed by atoms with Gasteiger partial charge < -0.3 is 5.32 Å². The second-order valence-electron chi connectivity index (χ2n) is 5.32. The van der Waals surface area contributed by atoms with E-state index in [4.69, 9.17) is 0 Å². The van der Waals surface area contributed by atoms with Crippen molar-refractivity contribution in [1.82, 2.24) is 15.5 Å². The summed E-state index contributed by atoms with van der Waals surface area (Å²) in [5.41, 5.74) is -0.247. The van der Waals surface area contributed by atoms with Crippen LogP contribution in [0.1, 0.15) is 25.5 Å². The minimum Gasteiger partial charge on any atom is -0.317 e. The SMILES string of the molecule is C[C@](F)(C1CCNCC1)S(=O)(=O)c1cn[nH]c1CC(F)F.Cl. The van der Waals surface area contributed by atoms with E-state index in [9.17, 15) is 21.6 Å². The van der Waals surface area contributed by atoms with Crippen molar-refractivity contribution in [1.29, 1.82) is 0 Å². The van der Waals surface area contributed by atoms with Crippen LogP contribution in [-0.4, -0.2) is 43.1 Å². The van der Waals surface area contributed by atoms with Crippen LogP contribution in [0.25, 0.3) is 0 Å². The fourth-order valence-corrected chi connectivity index (χ4v) is 4.36. The van der Waals surface area contributed by atoms with Crippen LogP contribution in [0.5, 0.6) is 0 Å². The molecule has 2 heterocycles. The van der Waals surface area contributed by atoms with E-state index < -0.39 is 38.5 Å². The number of H-pyrrole nitrogens is 1. The van der Waals surface area contributed by atoms with Crippen molar-refractivity contribution in [3.05, 3.63) is 11.9 Å². The molecule has 0 unspecified atom stereocenters. The summed E-state index contributed by atoms with van der Waals surface area (Å²) >= 11 is 0. The third-order valence-corrected chi connectivity index (χ3v) is 6.24. The Morgan fingerprint density at radius 2 is 2.00 bits per heavy atom. The van der Waals surface area contributed by atoms with Crippen LogP contribution in [0.2, 0.25) is 0 Å². The monoisotopic (exact) mass is 361 g/mol. The zero-order valence-electron chi connectivity index (χ0n) is 12.0. The van der Waals surface area contributed by atoms with Gasteiger partial charge in [-0.15, -0.1) is 12.4 Å². The van der Waals surface area contributed by atoms with E-state index in [1.807, 2.05) is 0 Å². The largest absolute Gasteiger partial charge is 0.317 e. The lowest BCUT2D eigenvalue weighted by molar-refractivity contribution is 0.146. The molecule has 1 fully saturated rings. The highest BCUT2D eigenvalue weighted by molar-refractivity contribution is 7.92. The Bertz CT molecular complexity index is 586. The van der Waals surface area contributed by atoms with E-state index in [2.05, 4.69) is 15.5 Å². The third kappa shape index (κ3) is 3.57. The molecule has 22 heavy (non-hydrogen) atoms. The van der Waals surface area contributed by atoms with Gasteiger partial charge in [0.15, 0.2) is 0 Å². The van der Waals surface area contributed by atoms with Crippen LogP contribution in [0, 0.1) is 5.92 Å². The van der Waals surface area contributed by atoms with Crippen LogP contribution in [0.3, 0.4) is 0 Å². The van der Waals surface area contributed by atoms with Crippen molar-refractivity contribution in [2.24, 2.45) is 5.92 Å². The van der Waals surface area contributed by atoms with E-state index in [1.165, 1.54) is 0 Å². The topological polar surface area (TPSA) is 74.8 Å². The molecule has 0 bridgehead atoms. The lowest BCUT2D eigenvalue weighted by atomic mass is 9.93. The Morgan fingerprint density at radius 1 is 1.41 bits per heavy atom. The molecule has 0 spiro atoms. The predicted octanol–water partition coefficient (Wildman–Crippen LogP) is 2.10. The molecular weight excluding hydrogens is 343 g/mol. The van der Waals surface area contributed by atoms with E-state index in [-0.39, 0.29) is 18.1 Å². The first-order valence-electron chi connectivity index (χ1n) is 6.71. The third-order valence-electron chi connectivity index (χ3n) is 3.92. The van der Waals surface area contributed by atoms with Crippen LogP contribution in [0.15, 0.2) is 11.1 Å². The highest BCUT2D eigenvalue weighted by atomic mass is 35.5. The molecule has 1 aromatic heterocycles. The van der Waals surface area contributed by atoms with Crippen molar-refractivity contribution in [2.75, 3.05) is 13.1 Å². The van der Waals surface area contributed by atoms with Gasteiger partial charge in [-0.05, 0) is 32.9 Å². The summed E-state index contributed by atoms with van der Waals surface area (Å²) in [6, 6.07) is 0. The number of nitrogens with one attached hydrogen (secondary N) is 2. The van der Waals surface area contributed by atoms with Gasteiger partial charge >= 0.3 is 0 Å². The summed E-state index contributed by atoms with van der Waals surface area (Å²) < 4.78 is 65.0. The van der Waals surface area contributed by atoms with Crippen molar-refractivity contribution in [3.8, 4) is 0 Å². The molecule has 2 rings (SSSR count). The molecule has 1 aromatic rings. The van der Waals surface area contributed by atoms with Gasteiger partial charge in [0, 0.05) is 5.92 Å². The maximum atomic E-state index is 15.0. The highest BCUT2D eigenvalue weighted by Gasteiger charge is 2.48. The van der Waals surface area contributed by atoms with Crippen molar-refractivity contribution in [3.63, 3.8) is 0 Å². The average Bonchev–Trinajstić information content (AvgIpc) is 2.87. The summed E-state index contributed by atoms with van der Waals surface area (Å²) in [7, 11) is -4.39. The van der Waals surface area contributed by atoms with E-state index in [0.29, 0.717) is 25.9 Å². The maximum absolute atomic E-state index is 15.0. The number of hydrogen-bond acceptors (Lipinski definition) is 4. The van der Waals surface area contributed by atoms with E-state index in [1.54, 1.807) is 0 Å². The molecule has 128 valence electrons. The van der Waals surface area contributed by atoms with Crippen LogP contribution in [-0.2, 0) is 16.3 Å². The number of halogens is 4. The number of aromatic amines is 1. The average molecular weight is 362 g/mol. The van der Waals surface area contributed by atoms with Crippen molar-refractivity contribution < 1.29 is 21.6 Å². The molecule has 0 radical (unpaired) electrons. The van der Waals surface area contributed by atoms with Gasteiger partial charge in [-0.2, -0.15) is 5.10 Å². The molecule has 1 atom stereocenters. The minimum absolute atomic E-state index is 0. The summed E-state index contributed by atoms with van der Waals surface area (Å²) in [5.74, 6) is -0.668. The van der Waals surface area contributed by atoms with Crippen molar-refractivity contribution in [2.45, 2.75) is 42.5 Å². The molecule has 1 aliphatic rings. The number of piperidine rings is 1. The number of sulfone groups is 1. The van der Waals surface area contributed by atoms with Crippen molar-refractivity contribution >= 4 is 22.2 Å². The molecule has 5 nitrogen and oxygen atoms in total. The number of aromatic nitrogens is 2. The Hall–Kier alpha value is -0.800. The van der Waals surface area contributed by atoms with E-state index in [0.717, 1.165) is 13.1 Å². The molecule has 0 aliphatic carbocycles. The fraction of sp³-hybridized carbons (Fsp3) is 0.750. The molecule has 1 saturated heterocycles. The Labute approximate surface area is 133 Å². The smallest absolute Gasteiger partial charge is 0.244 e. The Kier molecular flexibility index (Phi) is 6.28. The standard InChI is InChI=1S/C12H18F3N3O2S.ClH/c1-12(15,8-2-4-16-5-3-8)21(19,20)10-7-17-18-9(10)6-11(13)14;/h7-8,11,16H,2-6H2,1H3,(H,17,18);1H/t12-;/m1./s1. The quantitative estimate of drug-likeness (QED) is 0.842. The molecule has 0 amide bonds. The number of nitrogens with zero attached hydrogens (tertiary/aromatic N) is 1. The normalized spacial score (nSPS) is 19.7. The molecule has 0 saturated carbocycles. The van der Waals surface area contributed by atoms with Gasteiger partial charge in [-0.3, -0.25) is 5.10 Å². The van der Waals surface area contributed by atoms with Crippen LogP contribution < -0.4 is 5.32 Å². The number of alkyl halides is 3. The van der Waals surface area contributed by atoms with Gasteiger partial charge in [-0.1, -0.05) is 0 Å². The first-order chi connectivity index (χ1) is 9.76. The van der Waals surface area contributed by atoms with Gasteiger partial charge in [-0.25, -0.2) is 21.6 Å². The summed E-state index contributed by atoms with van der Waals surface area (Å²) in [6.45, 7) is 2.08. The zero-order valence-corrected chi connectivity index (χ0v) is 13.6. The summed E-state index contributed by atoms with van der Waals surface area (Å²) in [6.07, 6.45) is -1.85. The number of hydrogen-bond donors (Lipinski definition) is 2. The maximum Gasteiger partial charge on any atom is 0.244 e. The second kappa shape index (κ2) is 7.18. The minimum atomic E-state index is -4.39. The van der Waals surface area contributed by atoms with E-state index >= 15 is 0 Å². The molecular formula is C12H19ClF3N3O2S. The lowest BCUT2D eigenvalue weighted by Gasteiger charge is -2.33. The highest BCUT2D eigenvalue weighted by Crippen LogP contribution is 2.39. The lowest BCUT2D eigenvalue weighted by Crippen LogP contribution is -2.44. The van der Waals surface area contributed by atoms with Gasteiger partial charge in [0.25, 0.3) is 0 Å². The van der Waals surface area contributed by atoms with Crippen LogP contribution in [0.4, 0.5) is 13.2 Å². The second-order valence-corrected chi connectivity index (χ2v) is 7.57. The molecule has 1 aliphatic heterocycles. The zero-order chi connectivity index (χ0) is 15.7. The van der Waals surface area contributed by atoms with Crippen LogP contribution >= 0.6 is 12.4 Å². The molecule has 0 aromatic carbocycles. The predicted molar refractivity (Wildman–Crippen MR) is 77.8 cm³/mol. The number of rotatable bonds is 5.